The molecule has 1 saturated heterocycles. The zero-order valence-corrected chi connectivity index (χ0v) is 16.5. The second-order valence-electron chi connectivity index (χ2n) is 7.27. The van der Waals surface area contributed by atoms with E-state index in [1.54, 1.807) is 0 Å². The molecular formula is C19H19ClF5N3O2. The maximum atomic E-state index is 13.9. The molecule has 4 atom stereocenters. The maximum Gasteiger partial charge on any atom is 0.413 e. The van der Waals surface area contributed by atoms with E-state index in [9.17, 15) is 31.5 Å². The Morgan fingerprint density at radius 1 is 1.33 bits per heavy atom. The van der Waals surface area contributed by atoms with Crippen LogP contribution in [0.15, 0.2) is 29.3 Å². The third-order valence-electron chi connectivity index (χ3n) is 5.24. The Morgan fingerprint density at radius 2 is 2.03 bits per heavy atom. The highest BCUT2D eigenvalue weighted by molar-refractivity contribution is 6.21. The van der Waals surface area contributed by atoms with Crippen LogP contribution in [0.25, 0.3) is 0 Å². The zero-order chi connectivity index (χ0) is 22.2. The Bertz CT molecular complexity index is 889. The summed E-state index contributed by atoms with van der Waals surface area (Å²) in [5, 5.41) is 7.60. The summed E-state index contributed by atoms with van der Waals surface area (Å²) in [4.78, 5) is 24.8. The molecule has 1 aromatic carbocycles. The number of carbonyl (C=O) groups excluding carboxylic acids is 2. The lowest BCUT2D eigenvalue weighted by molar-refractivity contribution is -0.129. The van der Waals surface area contributed by atoms with Crippen LogP contribution in [-0.2, 0) is 9.59 Å². The predicted molar refractivity (Wildman–Crippen MR) is 98.3 cm³/mol. The van der Waals surface area contributed by atoms with Gasteiger partial charge in [0, 0.05) is 29.2 Å². The second-order valence-corrected chi connectivity index (χ2v) is 7.74. The Labute approximate surface area is 174 Å². The monoisotopic (exact) mass is 451 g/mol. The molecule has 0 radical (unpaired) electrons. The molecule has 1 fully saturated rings. The van der Waals surface area contributed by atoms with Gasteiger partial charge in [0.15, 0.2) is 0 Å². The van der Waals surface area contributed by atoms with Gasteiger partial charge >= 0.3 is 6.18 Å². The second kappa shape index (κ2) is 8.50. The van der Waals surface area contributed by atoms with Crippen molar-refractivity contribution < 1.29 is 31.5 Å². The molecule has 2 amide bonds. The smallest absolute Gasteiger partial charge is 0.349 e. The molecule has 5 nitrogen and oxygen atoms in total. The predicted octanol–water partition coefficient (Wildman–Crippen LogP) is 3.06. The number of hydrogen-bond donors (Lipinski definition) is 3. The standard InChI is InChI=1S/C19H19ClF5N3O2/c1-8(10-3-2-9(21)6-12(10)22)27-14(29)7-11-16(19(23,24)25)15-13(28-18(11)30)4-5-26-17(15)20/h2-3,6,8,13,15,17,26H,4-5,7H2,1H3,(H,27,29)(H,28,30)/t8-,13?,15?,17?/m0/s1. The maximum absolute atomic E-state index is 13.9. The van der Waals surface area contributed by atoms with E-state index in [2.05, 4.69) is 16.0 Å². The number of nitrogens with one attached hydrogen (secondary N) is 3. The van der Waals surface area contributed by atoms with Crippen LogP contribution < -0.4 is 16.0 Å². The average Bonchev–Trinajstić information content (AvgIpc) is 2.61. The highest BCUT2D eigenvalue weighted by Gasteiger charge is 2.51. The average molecular weight is 452 g/mol. The first-order valence-corrected chi connectivity index (χ1v) is 9.65. The number of fused-ring (bicyclic) bond motifs is 1. The Balaban J connectivity index is 1.86. The number of rotatable bonds is 4. The summed E-state index contributed by atoms with van der Waals surface area (Å²) in [6.45, 7) is 1.74. The number of piperidine rings is 1. The van der Waals surface area contributed by atoms with Crippen molar-refractivity contribution in [1.29, 1.82) is 0 Å². The largest absolute Gasteiger partial charge is 0.413 e. The van der Waals surface area contributed by atoms with Crippen LogP contribution in [0.2, 0.25) is 0 Å². The molecule has 164 valence electrons. The summed E-state index contributed by atoms with van der Waals surface area (Å²) in [5.74, 6) is -4.85. The lowest BCUT2D eigenvalue weighted by atomic mass is 9.79. The Kier molecular flexibility index (Phi) is 6.37. The molecule has 30 heavy (non-hydrogen) atoms. The zero-order valence-electron chi connectivity index (χ0n) is 15.7. The quantitative estimate of drug-likeness (QED) is 0.374. The molecule has 11 heteroatoms. The van der Waals surface area contributed by atoms with Crippen molar-refractivity contribution in [3.05, 3.63) is 46.5 Å². The molecule has 3 unspecified atom stereocenters. The molecule has 1 aromatic rings. The molecule has 2 aliphatic rings. The van der Waals surface area contributed by atoms with Crippen molar-refractivity contribution in [3.63, 3.8) is 0 Å². The van der Waals surface area contributed by atoms with Crippen molar-refractivity contribution >= 4 is 23.4 Å². The fraction of sp³-hybridized carbons (Fsp3) is 0.474. The van der Waals surface area contributed by atoms with Gasteiger partial charge in [-0.2, -0.15) is 13.2 Å². The minimum absolute atomic E-state index is 0.0414. The van der Waals surface area contributed by atoms with Crippen LogP contribution in [0.1, 0.15) is 31.4 Å². The van der Waals surface area contributed by atoms with Gasteiger partial charge in [-0.05, 0) is 26.0 Å². The third-order valence-corrected chi connectivity index (χ3v) is 5.67. The number of benzene rings is 1. The van der Waals surface area contributed by atoms with Gasteiger partial charge in [0.1, 0.15) is 11.6 Å². The summed E-state index contributed by atoms with van der Waals surface area (Å²) >= 11 is 6.07. The summed E-state index contributed by atoms with van der Waals surface area (Å²) in [6, 6.07) is 1.01. The van der Waals surface area contributed by atoms with Gasteiger partial charge in [0.2, 0.25) is 11.8 Å². The lowest BCUT2D eigenvalue weighted by Crippen LogP contribution is -2.59. The molecule has 0 spiro atoms. The van der Waals surface area contributed by atoms with E-state index in [-0.39, 0.29) is 12.0 Å². The van der Waals surface area contributed by atoms with Gasteiger partial charge in [-0.25, -0.2) is 8.78 Å². The molecule has 3 N–H and O–H groups in total. The topological polar surface area (TPSA) is 70.2 Å². The molecule has 0 aromatic heterocycles. The summed E-state index contributed by atoms with van der Waals surface area (Å²) in [6.07, 6.45) is -5.46. The van der Waals surface area contributed by atoms with Crippen LogP contribution in [0.3, 0.4) is 0 Å². The van der Waals surface area contributed by atoms with Gasteiger partial charge in [0.25, 0.3) is 0 Å². The van der Waals surface area contributed by atoms with Crippen molar-refractivity contribution in [1.82, 2.24) is 16.0 Å². The van der Waals surface area contributed by atoms with E-state index in [0.717, 1.165) is 12.1 Å². The number of hydrogen-bond acceptors (Lipinski definition) is 3. The molecule has 0 bridgehead atoms. The van der Waals surface area contributed by atoms with Gasteiger partial charge in [-0.1, -0.05) is 6.07 Å². The molecular weight excluding hydrogens is 433 g/mol. The SMILES string of the molecule is C[C@H](NC(=O)CC1=C(C(F)(F)F)C2C(Cl)NCCC2NC1=O)c1ccc(F)cc1F. The van der Waals surface area contributed by atoms with Crippen molar-refractivity contribution in [2.75, 3.05) is 6.54 Å². The third kappa shape index (κ3) is 4.59. The van der Waals surface area contributed by atoms with Crippen molar-refractivity contribution in [3.8, 4) is 0 Å². The number of amides is 2. The molecule has 2 heterocycles. The minimum atomic E-state index is -4.86. The normalized spacial score (nSPS) is 25.4. The van der Waals surface area contributed by atoms with Crippen LogP contribution in [0.4, 0.5) is 22.0 Å². The molecule has 2 aliphatic heterocycles. The van der Waals surface area contributed by atoms with Crippen LogP contribution >= 0.6 is 11.6 Å². The van der Waals surface area contributed by atoms with E-state index < -0.39 is 70.7 Å². The van der Waals surface area contributed by atoms with E-state index in [4.69, 9.17) is 11.6 Å². The highest BCUT2D eigenvalue weighted by Crippen LogP contribution is 2.43. The van der Waals surface area contributed by atoms with Gasteiger partial charge in [-0.15, -0.1) is 11.6 Å². The van der Waals surface area contributed by atoms with Gasteiger partial charge in [0.05, 0.1) is 23.5 Å². The van der Waals surface area contributed by atoms with E-state index in [1.807, 2.05) is 0 Å². The van der Waals surface area contributed by atoms with Crippen LogP contribution in [-0.4, -0.2) is 36.1 Å². The van der Waals surface area contributed by atoms with Crippen molar-refractivity contribution in [2.24, 2.45) is 5.92 Å². The molecule has 0 aliphatic carbocycles. The Hall–Kier alpha value is -2.20. The highest BCUT2D eigenvalue weighted by atomic mass is 35.5. The minimum Gasteiger partial charge on any atom is -0.349 e. The summed E-state index contributed by atoms with van der Waals surface area (Å²) in [5.41, 5.74) is -2.95. The Morgan fingerprint density at radius 3 is 2.67 bits per heavy atom. The van der Waals surface area contributed by atoms with E-state index in [1.165, 1.54) is 6.92 Å². The van der Waals surface area contributed by atoms with Crippen LogP contribution in [0.5, 0.6) is 0 Å². The summed E-state index contributed by atoms with van der Waals surface area (Å²) < 4.78 is 68.4. The number of halogens is 6. The summed E-state index contributed by atoms with van der Waals surface area (Å²) in [7, 11) is 0. The number of carbonyl (C=O) groups is 2. The first-order chi connectivity index (χ1) is 14.0. The first-order valence-electron chi connectivity index (χ1n) is 9.22. The fourth-order valence-corrected chi connectivity index (χ4v) is 4.31. The first kappa shape index (κ1) is 22.5. The van der Waals surface area contributed by atoms with E-state index in [0.29, 0.717) is 12.6 Å². The van der Waals surface area contributed by atoms with Crippen LogP contribution in [0, 0.1) is 17.6 Å². The number of alkyl halides is 4. The van der Waals surface area contributed by atoms with E-state index >= 15 is 0 Å². The lowest BCUT2D eigenvalue weighted by Gasteiger charge is -2.42. The van der Waals surface area contributed by atoms with Gasteiger partial charge in [-0.3, -0.25) is 9.59 Å². The van der Waals surface area contributed by atoms with Gasteiger partial charge < -0.3 is 16.0 Å². The fourth-order valence-electron chi connectivity index (χ4n) is 3.89. The molecule has 3 rings (SSSR count). The molecule has 0 saturated carbocycles. The van der Waals surface area contributed by atoms with Crippen molar-refractivity contribution in [2.45, 2.75) is 43.5 Å².